The van der Waals surface area contributed by atoms with E-state index in [1.165, 1.54) is 65.2 Å². The van der Waals surface area contributed by atoms with Crippen LogP contribution in [0.3, 0.4) is 0 Å². The summed E-state index contributed by atoms with van der Waals surface area (Å²) < 4.78 is 1.36. The third-order valence-corrected chi connectivity index (χ3v) is 4.86. The maximum Gasteiger partial charge on any atom is 0.0211 e. The van der Waals surface area contributed by atoms with E-state index in [-0.39, 0.29) is 0 Å². The highest BCUT2D eigenvalue weighted by molar-refractivity contribution is 14.1. The van der Waals surface area contributed by atoms with Gasteiger partial charge < -0.3 is 0 Å². The Morgan fingerprint density at radius 2 is 1.48 bits per heavy atom. The van der Waals surface area contributed by atoms with E-state index in [1.807, 2.05) is 0 Å². The summed E-state index contributed by atoms with van der Waals surface area (Å²) in [5.74, 6) is 0. The highest BCUT2D eigenvalue weighted by atomic mass is 127. The molecule has 0 atom stereocenters. The van der Waals surface area contributed by atoms with Crippen LogP contribution in [0.2, 0.25) is 0 Å². The first-order valence-corrected chi connectivity index (χ1v) is 9.23. The Morgan fingerprint density at radius 3 is 2.24 bits per heavy atom. The third-order valence-electron chi connectivity index (χ3n) is 3.96. The lowest BCUT2D eigenvalue weighted by Gasteiger charge is -2.12. The van der Waals surface area contributed by atoms with E-state index in [9.17, 15) is 0 Å². The summed E-state index contributed by atoms with van der Waals surface area (Å²) in [5, 5.41) is 0. The number of hydrogen-bond acceptors (Lipinski definition) is 0. The van der Waals surface area contributed by atoms with Crippen LogP contribution in [0, 0.1) is 3.57 Å². The second-order valence-corrected chi connectivity index (χ2v) is 6.82. The van der Waals surface area contributed by atoms with Gasteiger partial charge in [0.1, 0.15) is 0 Å². The summed E-state index contributed by atoms with van der Waals surface area (Å²) >= 11 is 2.47. The molecule has 2 rings (SSSR count). The second-order valence-electron chi connectivity index (χ2n) is 5.66. The van der Waals surface area contributed by atoms with E-state index < -0.39 is 0 Å². The minimum absolute atomic E-state index is 1.20. The zero-order valence-electron chi connectivity index (χ0n) is 12.9. The van der Waals surface area contributed by atoms with E-state index in [0.29, 0.717) is 0 Å². The van der Waals surface area contributed by atoms with Gasteiger partial charge in [-0.25, -0.2) is 0 Å². The van der Waals surface area contributed by atoms with Crippen molar-refractivity contribution in [1.29, 1.82) is 0 Å². The summed E-state index contributed by atoms with van der Waals surface area (Å²) in [7, 11) is 0. The van der Waals surface area contributed by atoms with Crippen LogP contribution in [0.1, 0.15) is 51.0 Å². The maximum absolute atomic E-state index is 2.47. The van der Waals surface area contributed by atoms with Crippen LogP contribution in [-0.4, -0.2) is 0 Å². The molecule has 0 aromatic heterocycles. The van der Waals surface area contributed by atoms with Crippen LogP contribution >= 0.6 is 22.6 Å². The second kappa shape index (κ2) is 9.24. The van der Waals surface area contributed by atoms with Gasteiger partial charge in [-0.15, -0.1) is 0 Å². The van der Waals surface area contributed by atoms with Gasteiger partial charge >= 0.3 is 0 Å². The number of rotatable bonds is 8. The highest BCUT2D eigenvalue weighted by Crippen LogP contribution is 2.30. The normalized spacial score (nSPS) is 10.8. The number of unbranched alkanes of at least 4 members (excludes halogenated alkanes) is 5. The average molecular weight is 392 g/mol. The molecule has 112 valence electrons. The molecular formula is C20H25I. The zero-order chi connectivity index (χ0) is 14.9. The van der Waals surface area contributed by atoms with Gasteiger partial charge in [-0.2, -0.15) is 0 Å². The third kappa shape index (κ3) is 5.14. The number of hydrogen-bond donors (Lipinski definition) is 0. The Bertz CT molecular complexity index is 531. The topological polar surface area (TPSA) is 0 Å². The number of benzene rings is 2. The molecule has 0 nitrogen and oxygen atoms in total. The van der Waals surface area contributed by atoms with Crippen LogP contribution in [0.5, 0.6) is 0 Å². The van der Waals surface area contributed by atoms with Crippen LogP contribution in [0.25, 0.3) is 11.1 Å². The number of aryl methyl sites for hydroxylation is 1. The van der Waals surface area contributed by atoms with Crippen LogP contribution in [-0.2, 0) is 6.42 Å². The molecule has 0 heterocycles. The quantitative estimate of drug-likeness (QED) is 0.340. The summed E-state index contributed by atoms with van der Waals surface area (Å²) in [6.45, 7) is 2.28. The molecule has 2 aromatic rings. The number of halogens is 1. The van der Waals surface area contributed by atoms with Crippen molar-refractivity contribution < 1.29 is 0 Å². The molecular weight excluding hydrogens is 367 g/mol. The lowest BCUT2D eigenvalue weighted by Crippen LogP contribution is -1.94. The minimum atomic E-state index is 1.20. The molecule has 0 saturated heterocycles. The van der Waals surface area contributed by atoms with Crippen molar-refractivity contribution in [2.45, 2.75) is 51.9 Å². The van der Waals surface area contributed by atoms with Crippen LogP contribution in [0.4, 0.5) is 0 Å². The molecule has 0 spiro atoms. The van der Waals surface area contributed by atoms with Gasteiger partial charge in [-0.05, 0) is 58.2 Å². The first kappa shape index (κ1) is 16.5. The predicted molar refractivity (Wildman–Crippen MR) is 102 cm³/mol. The Labute approximate surface area is 143 Å². The predicted octanol–water partition coefficient (Wildman–Crippen LogP) is 6.86. The summed E-state index contributed by atoms with van der Waals surface area (Å²) in [4.78, 5) is 0. The van der Waals surface area contributed by atoms with E-state index in [4.69, 9.17) is 0 Å². The van der Waals surface area contributed by atoms with Gasteiger partial charge in [0.25, 0.3) is 0 Å². The molecule has 0 radical (unpaired) electrons. The van der Waals surface area contributed by atoms with Gasteiger partial charge in [0.15, 0.2) is 0 Å². The van der Waals surface area contributed by atoms with Gasteiger partial charge in [-0.1, -0.05) is 81.5 Å². The molecule has 0 unspecified atom stereocenters. The average Bonchev–Trinajstić information content (AvgIpc) is 2.52. The fourth-order valence-electron chi connectivity index (χ4n) is 2.80. The summed E-state index contributed by atoms with van der Waals surface area (Å²) in [5.41, 5.74) is 4.29. The van der Waals surface area contributed by atoms with Crippen molar-refractivity contribution in [3.8, 4) is 11.1 Å². The van der Waals surface area contributed by atoms with Gasteiger partial charge in [0, 0.05) is 3.57 Å². The van der Waals surface area contributed by atoms with E-state index in [0.717, 1.165) is 0 Å². The molecule has 0 N–H and O–H groups in total. The Kier molecular flexibility index (Phi) is 7.28. The molecule has 0 saturated carbocycles. The first-order valence-electron chi connectivity index (χ1n) is 8.15. The standard InChI is InChI=1S/C20H25I/c1-2-3-4-5-6-8-12-18-15-11-16-19(21)20(18)17-13-9-7-10-14-17/h7,9-11,13-16H,2-6,8,12H2,1H3. The molecule has 1 heteroatoms. The van der Waals surface area contributed by atoms with Gasteiger partial charge in [0.2, 0.25) is 0 Å². The monoisotopic (exact) mass is 392 g/mol. The van der Waals surface area contributed by atoms with Crippen molar-refractivity contribution in [2.24, 2.45) is 0 Å². The molecule has 0 aliphatic carbocycles. The lowest BCUT2D eigenvalue weighted by molar-refractivity contribution is 0.608. The van der Waals surface area contributed by atoms with E-state index >= 15 is 0 Å². The minimum Gasteiger partial charge on any atom is -0.0654 e. The van der Waals surface area contributed by atoms with Gasteiger partial charge in [-0.3, -0.25) is 0 Å². The Hall–Kier alpha value is -0.830. The van der Waals surface area contributed by atoms with Crippen LogP contribution < -0.4 is 0 Å². The molecule has 0 fully saturated rings. The highest BCUT2D eigenvalue weighted by Gasteiger charge is 2.08. The lowest BCUT2D eigenvalue weighted by atomic mass is 9.95. The largest absolute Gasteiger partial charge is 0.0654 e. The summed E-state index contributed by atoms with van der Waals surface area (Å²) in [6.07, 6.45) is 9.37. The molecule has 0 amide bonds. The van der Waals surface area contributed by atoms with Crippen LogP contribution in [0.15, 0.2) is 48.5 Å². The fraction of sp³-hybridized carbons (Fsp3) is 0.400. The molecule has 0 aliphatic rings. The molecule has 21 heavy (non-hydrogen) atoms. The van der Waals surface area contributed by atoms with Crippen molar-refractivity contribution in [1.82, 2.24) is 0 Å². The smallest absolute Gasteiger partial charge is 0.0211 e. The van der Waals surface area contributed by atoms with Crippen molar-refractivity contribution in [3.05, 3.63) is 57.7 Å². The molecule has 0 aliphatic heterocycles. The Morgan fingerprint density at radius 1 is 0.762 bits per heavy atom. The van der Waals surface area contributed by atoms with Crippen molar-refractivity contribution >= 4 is 22.6 Å². The van der Waals surface area contributed by atoms with Crippen molar-refractivity contribution in [3.63, 3.8) is 0 Å². The zero-order valence-corrected chi connectivity index (χ0v) is 15.1. The molecule has 2 aromatic carbocycles. The van der Waals surface area contributed by atoms with E-state index in [1.54, 1.807) is 0 Å². The fourth-order valence-corrected chi connectivity index (χ4v) is 3.67. The van der Waals surface area contributed by atoms with Crippen molar-refractivity contribution in [2.75, 3.05) is 0 Å². The SMILES string of the molecule is CCCCCCCCc1cccc(I)c1-c1ccccc1. The summed E-state index contributed by atoms with van der Waals surface area (Å²) in [6, 6.07) is 17.5. The molecule has 0 bridgehead atoms. The Balaban J connectivity index is 2.01. The van der Waals surface area contributed by atoms with E-state index in [2.05, 4.69) is 78.0 Å². The van der Waals surface area contributed by atoms with Gasteiger partial charge in [0.05, 0.1) is 0 Å². The maximum atomic E-state index is 2.47. The first-order chi connectivity index (χ1) is 10.3.